The van der Waals surface area contributed by atoms with Crippen LogP contribution in [0, 0.1) is 11.3 Å². The largest absolute Gasteiger partial charge is 0.281 e. The third-order valence-electron chi connectivity index (χ3n) is 3.08. The lowest BCUT2D eigenvalue weighted by Crippen LogP contribution is -2.03. The second-order valence-electron chi connectivity index (χ2n) is 4.46. The zero-order valence-electron chi connectivity index (χ0n) is 10.9. The Hall–Kier alpha value is -1.90. The summed E-state index contributed by atoms with van der Waals surface area (Å²) < 4.78 is 2.83. The lowest BCUT2D eigenvalue weighted by atomic mass is 10.2. The minimum atomic E-state index is 0.475. The van der Waals surface area contributed by atoms with Crippen LogP contribution in [0.15, 0.2) is 41.0 Å². The van der Waals surface area contributed by atoms with Gasteiger partial charge in [-0.2, -0.15) is 5.26 Å². The first kappa shape index (κ1) is 14.1. The zero-order valence-corrected chi connectivity index (χ0v) is 13.3. The molecule has 0 fully saturated rings. The topological polar surface area (TPSA) is 54.5 Å². The molecule has 0 N–H and O–H groups in total. The molecule has 0 bridgehead atoms. The van der Waals surface area contributed by atoms with Crippen molar-refractivity contribution in [2.75, 3.05) is 5.88 Å². The number of nitrogens with zero attached hydrogens (tertiary/aromatic N) is 4. The molecular formula is C15H10BrClN4. The van der Waals surface area contributed by atoms with Gasteiger partial charge in [-0.05, 0) is 40.2 Å². The van der Waals surface area contributed by atoms with E-state index < -0.39 is 0 Å². The van der Waals surface area contributed by atoms with Crippen LogP contribution >= 0.6 is 27.5 Å². The van der Waals surface area contributed by atoms with E-state index in [0.717, 1.165) is 27.1 Å². The van der Waals surface area contributed by atoms with Gasteiger partial charge in [-0.15, -0.1) is 11.6 Å². The molecule has 4 nitrogen and oxygen atoms in total. The Labute approximate surface area is 135 Å². The van der Waals surface area contributed by atoms with Crippen LogP contribution in [-0.4, -0.2) is 20.4 Å². The van der Waals surface area contributed by atoms with E-state index in [9.17, 15) is 0 Å². The van der Waals surface area contributed by atoms with Crippen LogP contribution in [0.1, 0.15) is 11.4 Å². The minimum Gasteiger partial charge on any atom is -0.281 e. The molecule has 104 valence electrons. The number of hydrogen-bond donors (Lipinski definition) is 0. The highest BCUT2D eigenvalue weighted by Crippen LogP contribution is 2.23. The van der Waals surface area contributed by atoms with E-state index in [1.165, 1.54) is 0 Å². The standard InChI is InChI=1S/C15H10BrClN4/c16-11-7-13-15(19-9-11)21(14(20-13)4-5-17)12-3-1-2-10(6-12)8-18/h1-3,6-7,9H,4-5H2. The van der Waals surface area contributed by atoms with Gasteiger partial charge in [0.05, 0.1) is 17.3 Å². The fraction of sp³-hybridized carbons (Fsp3) is 0.133. The number of hydrogen-bond acceptors (Lipinski definition) is 3. The first-order chi connectivity index (χ1) is 10.2. The van der Waals surface area contributed by atoms with Crippen LogP contribution in [0.5, 0.6) is 0 Å². The molecule has 0 aliphatic carbocycles. The first-order valence-electron chi connectivity index (χ1n) is 6.32. The van der Waals surface area contributed by atoms with Crippen molar-refractivity contribution < 1.29 is 0 Å². The Kier molecular flexibility index (Phi) is 3.91. The molecule has 0 amide bonds. The second kappa shape index (κ2) is 5.84. The van der Waals surface area contributed by atoms with E-state index in [4.69, 9.17) is 16.9 Å². The molecule has 6 heteroatoms. The highest BCUT2D eigenvalue weighted by Gasteiger charge is 2.14. The van der Waals surface area contributed by atoms with Crippen LogP contribution < -0.4 is 0 Å². The van der Waals surface area contributed by atoms with Gasteiger partial charge >= 0.3 is 0 Å². The van der Waals surface area contributed by atoms with Gasteiger partial charge in [-0.3, -0.25) is 4.57 Å². The molecule has 0 unspecified atom stereocenters. The second-order valence-corrected chi connectivity index (χ2v) is 5.75. The summed E-state index contributed by atoms with van der Waals surface area (Å²) in [5.41, 5.74) is 3.02. The lowest BCUT2D eigenvalue weighted by Gasteiger charge is -2.08. The van der Waals surface area contributed by atoms with Crippen molar-refractivity contribution in [2.24, 2.45) is 0 Å². The number of imidazole rings is 1. The van der Waals surface area contributed by atoms with E-state index in [1.54, 1.807) is 12.3 Å². The highest BCUT2D eigenvalue weighted by molar-refractivity contribution is 9.10. The normalized spacial score (nSPS) is 10.7. The molecular weight excluding hydrogens is 352 g/mol. The van der Waals surface area contributed by atoms with Gasteiger partial charge < -0.3 is 0 Å². The number of alkyl halides is 1. The number of fused-ring (bicyclic) bond motifs is 1. The SMILES string of the molecule is N#Cc1cccc(-n2c(CCCl)nc3cc(Br)cnc32)c1. The molecule has 0 atom stereocenters. The number of pyridine rings is 1. The number of benzene rings is 1. The predicted octanol–water partition coefficient (Wildman–Crippen LogP) is 3.84. The van der Waals surface area contributed by atoms with Gasteiger partial charge in [0.25, 0.3) is 0 Å². The van der Waals surface area contributed by atoms with Crippen molar-refractivity contribution in [1.82, 2.24) is 14.5 Å². The van der Waals surface area contributed by atoms with E-state index in [0.29, 0.717) is 17.9 Å². The van der Waals surface area contributed by atoms with Gasteiger partial charge in [0.2, 0.25) is 0 Å². The van der Waals surface area contributed by atoms with E-state index >= 15 is 0 Å². The van der Waals surface area contributed by atoms with Crippen molar-refractivity contribution >= 4 is 38.7 Å². The van der Waals surface area contributed by atoms with E-state index in [1.807, 2.05) is 28.8 Å². The minimum absolute atomic E-state index is 0.475. The number of nitriles is 1. The summed E-state index contributed by atoms with van der Waals surface area (Å²) >= 11 is 9.28. The van der Waals surface area contributed by atoms with Crippen molar-refractivity contribution in [1.29, 1.82) is 5.26 Å². The Balaban J connectivity index is 2.28. The zero-order chi connectivity index (χ0) is 14.8. The molecule has 0 saturated carbocycles. The number of aryl methyl sites for hydroxylation is 1. The Morgan fingerprint density at radius 2 is 2.19 bits per heavy atom. The maximum atomic E-state index is 9.06. The van der Waals surface area contributed by atoms with Gasteiger partial charge in [0.1, 0.15) is 11.3 Å². The van der Waals surface area contributed by atoms with Crippen molar-refractivity contribution in [2.45, 2.75) is 6.42 Å². The van der Waals surface area contributed by atoms with Crippen LogP contribution in [0.25, 0.3) is 16.9 Å². The summed E-state index contributed by atoms with van der Waals surface area (Å²) in [6.07, 6.45) is 2.37. The van der Waals surface area contributed by atoms with Crippen LogP contribution in [-0.2, 0) is 6.42 Å². The molecule has 3 rings (SSSR count). The average Bonchev–Trinajstić information content (AvgIpc) is 2.84. The molecule has 0 aliphatic heterocycles. The van der Waals surface area contributed by atoms with Gasteiger partial charge in [-0.25, -0.2) is 9.97 Å². The number of halogens is 2. The van der Waals surface area contributed by atoms with Crippen LogP contribution in [0.3, 0.4) is 0 Å². The summed E-state index contributed by atoms with van der Waals surface area (Å²) in [4.78, 5) is 9.04. The molecule has 0 saturated heterocycles. The van der Waals surface area contributed by atoms with Crippen LogP contribution in [0.4, 0.5) is 0 Å². The van der Waals surface area contributed by atoms with Crippen molar-refractivity contribution in [3.05, 3.63) is 52.4 Å². The number of rotatable bonds is 3. The maximum absolute atomic E-state index is 9.06. The molecule has 2 aromatic heterocycles. The number of aromatic nitrogens is 3. The van der Waals surface area contributed by atoms with Gasteiger partial charge in [0.15, 0.2) is 5.65 Å². The Morgan fingerprint density at radius 3 is 2.95 bits per heavy atom. The third-order valence-corrected chi connectivity index (χ3v) is 3.71. The monoisotopic (exact) mass is 360 g/mol. The fourth-order valence-corrected chi connectivity index (χ4v) is 2.71. The molecule has 21 heavy (non-hydrogen) atoms. The fourth-order valence-electron chi connectivity index (χ4n) is 2.23. The van der Waals surface area contributed by atoms with Gasteiger partial charge in [0, 0.05) is 23.0 Å². The molecule has 0 radical (unpaired) electrons. The van der Waals surface area contributed by atoms with Crippen molar-refractivity contribution in [3.63, 3.8) is 0 Å². The Morgan fingerprint density at radius 1 is 1.33 bits per heavy atom. The van der Waals surface area contributed by atoms with E-state index in [-0.39, 0.29) is 0 Å². The summed E-state index contributed by atoms with van der Waals surface area (Å²) in [5, 5.41) is 9.06. The molecule has 0 spiro atoms. The average molecular weight is 362 g/mol. The molecule has 2 heterocycles. The summed E-state index contributed by atoms with van der Waals surface area (Å²) in [7, 11) is 0. The summed E-state index contributed by atoms with van der Waals surface area (Å²) in [6, 6.07) is 11.4. The quantitative estimate of drug-likeness (QED) is 0.666. The summed E-state index contributed by atoms with van der Waals surface area (Å²) in [5.74, 6) is 1.31. The third kappa shape index (κ3) is 2.65. The lowest BCUT2D eigenvalue weighted by molar-refractivity contribution is 0.905. The smallest absolute Gasteiger partial charge is 0.164 e. The molecule has 3 aromatic rings. The predicted molar refractivity (Wildman–Crippen MR) is 85.7 cm³/mol. The van der Waals surface area contributed by atoms with E-state index in [2.05, 4.69) is 32.0 Å². The maximum Gasteiger partial charge on any atom is 0.164 e. The molecule has 0 aliphatic rings. The summed E-state index contributed by atoms with van der Waals surface area (Å²) in [6.45, 7) is 0. The van der Waals surface area contributed by atoms with Crippen molar-refractivity contribution in [3.8, 4) is 11.8 Å². The van der Waals surface area contributed by atoms with Crippen LogP contribution in [0.2, 0.25) is 0 Å². The Bertz CT molecular complexity index is 850. The van der Waals surface area contributed by atoms with Gasteiger partial charge in [-0.1, -0.05) is 6.07 Å². The molecule has 1 aromatic carbocycles. The first-order valence-corrected chi connectivity index (χ1v) is 7.65. The highest BCUT2D eigenvalue weighted by atomic mass is 79.9.